The lowest BCUT2D eigenvalue weighted by atomic mass is 10.1. The first-order chi connectivity index (χ1) is 7.95. The van der Waals surface area contributed by atoms with E-state index in [1.54, 1.807) is 0 Å². The average molecular weight is 257 g/mol. The number of hydrogen-bond donors (Lipinski definition) is 1. The number of carbonyl (C=O) groups excluding carboxylic acids is 1. The van der Waals surface area contributed by atoms with Crippen LogP contribution >= 0.6 is 11.6 Å². The monoisotopic (exact) mass is 256 g/mol. The smallest absolute Gasteiger partial charge is 0.288 e. The molecule has 1 amide bonds. The number of carbonyl (C=O) groups is 1. The third-order valence-corrected chi connectivity index (χ3v) is 2.71. The Balaban J connectivity index is 2.96. The lowest BCUT2D eigenvalue weighted by molar-refractivity contribution is -0.384. The molecule has 6 heteroatoms. The van der Waals surface area contributed by atoms with Crippen molar-refractivity contribution in [2.24, 2.45) is 0 Å². The van der Waals surface area contributed by atoms with Crippen LogP contribution in [0.5, 0.6) is 0 Å². The highest BCUT2D eigenvalue weighted by Gasteiger charge is 2.16. The van der Waals surface area contributed by atoms with Crippen LogP contribution in [0.3, 0.4) is 0 Å². The molecule has 5 nitrogen and oxygen atoms in total. The number of amides is 1. The molecule has 0 spiro atoms. The third-order valence-electron chi connectivity index (χ3n) is 2.39. The van der Waals surface area contributed by atoms with Crippen molar-refractivity contribution in [3.63, 3.8) is 0 Å². The largest absolute Gasteiger partial charge is 0.350 e. The first kappa shape index (κ1) is 13.4. The van der Waals surface area contributed by atoms with E-state index in [0.717, 1.165) is 6.42 Å². The van der Waals surface area contributed by atoms with E-state index in [-0.39, 0.29) is 28.2 Å². The minimum absolute atomic E-state index is 0.0232. The number of benzene rings is 1. The molecule has 1 aromatic rings. The van der Waals surface area contributed by atoms with Gasteiger partial charge in [-0.05, 0) is 25.5 Å². The van der Waals surface area contributed by atoms with Gasteiger partial charge < -0.3 is 5.32 Å². The second-order valence-electron chi connectivity index (χ2n) is 3.71. The molecule has 0 aromatic heterocycles. The molecule has 0 aliphatic heterocycles. The van der Waals surface area contributed by atoms with Gasteiger partial charge in [0, 0.05) is 17.7 Å². The zero-order valence-electron chi connectivity index (χ0n) is 9.57. The highest BCUT2D eigenvalue weighted by atomic mass is 35.5. The van der Waals surface area contributed by atoms with Crippen LogP contribution in [0.25, 0.3) is 0 Å². The van der Waals surface area contributed by atoms with Crippen LogP contribution in [-0.4, -0.2) is 16.9 Å². The molecule has 0 aliphatic carbocycles. The Bertz CT molecular complexity index is 448. The predicted octanol–water partition coefficient (Wildman–Crippen LogP) is 2.78. The maximum Gasteiger partial charge on any atom is 0.288 e. The Kier molecular flexibility index (Phi) is 4.45. The van der Waals surface area contributed by atoms with Crippen LogP contribution in [0.4, 0.5) is 5.69 Å². The van der Waals surface area contributed by atoms with Crippen LogP contribution < -0.4 is 5.32 Å². The summed E-state index contributed by atoms with van der Waals surface area (Å²) in [6, 6.07) is 4.02. The van der Waals surface area contributed by atoms with Gasteiger partial charge in [0.2, 0.25) is 0 Å². The summed E-state index contributed by atoms with van der Waals surface area (Å²) in [5, 5.41) is 13.4. The molecule has 0 bridgehead atoms. The van der Waals surface area contributed by atoms with E-state index in [1.165, 1.54) is 18.2 Å². The van der Waals surface area contributed by atoms with Gasteiger partial charge in [-0.1, -0.05) is 18.5 Å². The van der Waals surface area contributed by atoms with Crippen LogP contribution in [-0.2, 0) is 0 Å². The quantitative estimate of drug-likeness (QED) is 0.665. The Morgan fingerprint density at radius 2 is 2.24 bits per heavy atom. The fraction of sp³-hybridized carbons (Fsp3) is 0.364. The molecule has 0 saturated heterocycles. The number of nitrogens with one attached hydrogen (secondary N) is 1. The van der Waals surface area contributed by atoms with E-state index in [0.29, 0.717) is 0 Å². The number of nitro benzene ring substituents is 1. The Labute approximate surface area is 104 Å². The fourth-order valence-electron chi connectivity index (χ4n) is 1.20. The van der Waals surface area contributed by atoms with Gasteiger partial charge in [-0.25, -0.2) is 0 Å². The summed E-state index contributed by atoms with van der Waals surface area (Å²) in [5.74, 6) is -0.334. The Hall–Kier alpha value is -1.62. The minimum atomic E-state index is -0.609. The minimum Gasteiger partial charge on any atom is -0.350 e. The number of hydrogen-bond acceptors (Lipinski definition) is 3. The summed E-state index contributed by atoms with van der Waals surface area (Å²) in [6.07, 6.45) is 0.793. The molecule has 0 aliphatic rings. The molecular weight excluding hydrogens is 244 g/mol. The van der Waals surface area contributed by atoms with Crippen LogP contribution in [0.1, 0.15) is 30.6 Å². The number of rotatable bonds is 4. The van der Waals surface area contributed by atoms with Crippen molar-refractivity contribution in [2.75, 3.05) is 0 Å². The second-order valence-corrected chi connectivity index (χ2v) is 4.11. The highest BCUT2D eigenvalue weighted by molar-refractivity contribution is 6.32. The van der Waals surface area contributed by atoms with E-state index in [4.69, 9.17) is 11.6 Å². The lowest BCUT2D eigenvalue weighted by Gasteiger charge is -2.11. The molecule has 1 rings (SSSR count). The predicted molar refractivity (Wildman–Crippen MR) is 65.3 cm³/mol. The van der Waals surface area contributed by atoms with Crippen molar-refractivity contribution in [3.8, 4) is 0 Å². The Morgan fingerprint density at radius 1 is 1.59 bits per heavy atom. The first-order valence-corrected chi connectivity index (χ1v) is 5.58. The van der Waals surface area contributed by atoms with Gasteiger partial charge in [0.05, 0.1) is 4.92 Å². The number of nitrogens with zero attached hydrogens (tertiary/aromatic N) is 1. The van der Waals surface area contributed by atoms with E-state index < -0.39 is 4.92 Å². The standard InChI is InChI=1S/C11H13ClN2O3/c1-3-7(2)13-11(15)8-4-5-9(12)10(6-8)14(16)17/h4-7H,3H2,1-2H3,(H,13,15)/t7-/m0/s1. The lowest BCUT2D eigenvalue weighted by Crippen LogP contribution is -2.31. The molecular formula is C11H13ClN2O3. The topological polar surface area (TPSA) is 72.2 Å². The van der Waals surface area contributed by atoms with E-state index in [9.17, 15) is 14.9 Å². The van der Waals surface area contributed by atoms with Crippen molar-refractivity contribution in [1.82, 2.24) is 5.32 Å². The molecule has 92 valence electrons. The molecule has 0 heterocycles. The van der Waals surface area contributed by atoms with E-state index in [2.05, 4.69) is 5.32 Å². The average Bonchev–Trinajstić information content (AvgIpc) is 2.28. The van der Waals surface area contributed by atoms with E-state index in [1.807, 2.05) is 13.8 Å². The third kappa shape index (κ3) is 3.42. The summed E-state index contributed by atoms with van der Waals surface area (Å²) in [7, 11) is 0. The molecule has 1 atom stereocenters. The molecule has 0 unspecified atom stereocenters. The van der Waals surface area contributed by atoms with Crippen molar-refractivity contribution >= 4 is 23.2 Å². The van der Waals surface area contributed by atoms with E-state index >= 15 is 0 Å². The van der Waals surface area contributed by atoms with Crippen LogP contribution in [0.15, 0.2) is 18.2 Å². The van der Waals surface area contributed by atoms with Crippen molar-refractivity contribution < 1.29 is 9.72 Å². The number of halogens is 1. The molecule has 1 aromatic carbocycles. The highest BCUT2D eigenvalue weighted by Crippen LogP contribution is 2.24. The fourth-order valence-corrected chi connectivity index (χ4v) is 1.39. The SMILES string of the molecule is CC[C@H](C)NC(=O)c1ccc(Cl)c([N+](=O)[O-])c1. The van der Waals surface area contributed by atoms with Gasteiger partial charge in [0.15, 0.2) is 0 Å². The summed E-state index contributed by atoms with van der Waals surface area (Å²) in [5.41, 5.74) is -0.0233. The molecule has 0 radical (unpaired) electrons. The molecule has 1 N–H and O–H groups in total. The summed E-state index contributed by atoms with van der Waals surface area (Å²) < 4.78 is 0. The number of nitro groups is 1. The van der Waals surface area contributed by atoms with Crippen molar-refractivity contribution in [1.29, 1.82) is 0 Å². The van der Waals surface area contributed by atoms with Crippen molar-refractivity contribution in [3.05, 3.63) is 38.9 Å². The maximum absolute atomic E-state index is 11.7. The molecule has 0 fully saturated rings. The maximum atomic E-state index is 11.7. The zero-order valence-corrected chi connectivity index (χ0v) is 10.3. The summed E-state index contributed by atoms with van der Waals surface area (Å²) in [6.45, 7) is 3.80. The summed E-state index contributed by atoms with van der Waals surface area (Å²) in [4.78, 5) is 21.8. The Morgan fingerprint density at radius 3 is 2.76 bits per heavy atom. The van der Waals surface area contributed by atoms with Crippen LogP contribution in [0.2, 0.25) is 5.02 Å². The van der Waals surface area contributed by atoms with Gasteiger partial charge in [-0.15, -0.1) is 0 Å². The normalized spacial score (nSPS) is 11.9. The molecule has 17 heavy (non-hydrogen) atoms. The van der Waals surface area contributed by atoms with Gasteiger partial charge in [0.25, 0.3) is 11.6 Å². The van der Waals surface area contributed by atoms with Crippen molar-refractivity contribution in [2.45, 2.75) is 26.3 Å². The zero-order chi connectivity index (χ0) is 13.0. The van der Waals surface area contributed by atoms with Crippen LogP contribution in [0, 0.1) is 10.1 Å². The first-order valence-electron chi connectivity index (χ1n) is 5.20. The van der Waals surface area contributed by atoms with Gasteiger partial charge in [-0.2, -0.15) is 0 Å². The molecule has 0 saturated carbocycles. The summed E-state index contributed by atoms with van der Waals surface area (Å²) >= 11 is 5.66. The second kappa shape index (κ2) is 5.63. The van der Waals surface area contributed by atoms with Gasteiger partial charge in [0.1, 0.15) is 5.02 Å². The van der Waals surface area contributed by atoms with Gasteiger partial charge >= 0.3 is 0 Å². The van der Waals surface area contributed by atoms with Gasteiger partial charge in [-0.3, -0.25) is 14.9 Å².